The van der Waals surface area contributed by atoms with Crippen molar-refractivity contribution in [3.63, 3.8) is 0 Å². The van der Waals surface area contributed by atoms with Gasteiger partial charge in [-0.05, 0) is 24.3 Å². The molecule has 4 nitrogen and oxygen atoms in total. The lowest BCUT2D eigenvalue weighted by molar-refractivity contribution is 0.415. The first-order valence-electron chi connectivity index (χ1n) is 7.17. The fourth-order valence-corrected chi connectivity index (χ4v) is 2.13. The van der Waals surface area contributed by atoms with Gasteiger partial charge in [0.15, 0.2) is 0 Å². The second-order valence-corrected chi connectivity index (χ2v) is 5.27. The van der Waals surface area contributed by atoms with Gasteiger partial charge in [-0.25, -0.2) is 0 Å². The van der Waals surface area contributed by atoms with E-state index in [-0.39, 0.29) is 0 Å². The largest absolute Gasteiger partial charge is 0.495 e. The lowest BCUT2D eigenvalue weighted by Gasteiger charge is -2.22. The molecule has 1 N–H and O–H groups in total. The molecule has 0 spiro atoms. The summed E-state index contributed by atoms with van der Waals surface area (Å²) in [6, 6.07) is 12.5. The van der Waals surface area contributed by atoms with Crippen LogP contribution in [0.2, 0.25) is 0 Å². The molecular formula is C17H23N3O. The van der Waals surface area contributed by atoms with Crippen LogP contribution in [-0.4, -0.2) is 25.2 Å². The van der Waals surface area contributed by atoms with E-state index in [1.807, 2.05) is 43.6 Å². The van der Waals surface area contributed by atoms with Gasteiger partial charge in [0.05, 0.1) is 18.5 Å². The van der Waals surface area contributed by atoms with E-state index in [4.69, 9.17) is 4.74 Å². The average molecular weight is 285 g/mol. The summed E-state index contributed by atoms with van der Waals surface area (Å²) in [5, 5.41) is 3.38. The summed E-state index contributed by atoms with van der Waals surface area (Å²) < 4.78 is 5.43. The van der Waals surface area contributed by atoms with Crippen LogP contribution in [-0.2, 0) is 6.54 Å². The number of anilines is 2. The van der Waals surface area contributed by atoms with Crippen LogP contribution in [0.25, 0.3) is 0 Å². The number of pyridine rings is 1. The van der Waals surface area contributed by atoms with Crippen LogP contribution in [0.5, 0.6) is 5.75 Å². The van der Waals surface area contributed by atoms with E-state index < -0.39 is 0 Å². The zero-order valence-electron chi connectivity index (χ0n) is 13.1. The van der Waals surface area contributed by atoms with Crippen LogP contribution in [0, 0.1) is 0 Å². The molecule has 2 rings (SSSR count). The third-order valence-corrected chi connectivity index (χ3v) is 3.33. The van der Waals surface area contributed by atoms with Gasteiger partial charge >= 0.3 is 0 Å². The SMILES string of the molecule is COc1ccccc1N(C)c1ccnc(CNC(C)C)c1. The first kappa shape index (κ1) is 15.3. The van der Waals surface area contributed by atoms with Gasteiger partial charge in [-0.15, -0.1) is 0 Å². The van der Waals surface area contributed by atoms with Crippen molar-refractivity contribution >= 4 is 11.4 Å². The molecule has 0 saturated heterocycles. The van der Waals surface area contributed by atoms with E-state index in [2.05, 4.69) is 35.1 Å². The summed E-state index contributed by atoms with van der Waals surface area (Å²) in [5.74, 6) is 0.860. The third-order valence-electron chi connectivity index (χ3n) is 3.33. The number of hydrogen-bond acceptors (Lipinski definition) is 4. The van der Waals surface area contributed by atoms with Gasteiger partial charge in [-0.2, -0.15) is 0 Å². The number of nitrogens with zero attached hydrogens (tertiary/aromatic N) is 2. The van der Waals surface area contributed by atoms with Crippen molar-refractivity contribution in [2.24, 2.45) is 0 Å². The first-order valence-corrected chi connectivity index (χ1v) is 7.17. The summed E-state index contributed by atoms with van der Waals surface area (Å²) in [4.78, 5) is 6.52. The fourth-order valence-electron chi connectivity index (χ4n) is 2.13. The van der Waals surface area contributed by atoms with Gasteiger partial charge in [-0.1, -0.05) is 26.0 Å². The molecular weight excluding hydrogens is 262 g/mol. The van der Waals surface area contributed by atoms with Crippen molar-refractivity contribution in [3.05, 3.63) is 48.3 Å². The molecule has 1 aromatic heterocycles. The molecule has 112 valence electrons. The quantitative estimate of drug-likeness (QED) is 0.883. The van der Waals surface area contributed by atoms with Gasteiger partial charge in [-0.3, -0.25) is 4.98 Å². The molecule has 1 heterocycles. The summed E-state index contributed by atoms with van der Waals surface area (Å²) in [5.41, 5.74) is 3.16. The number of rotatable bonds is 6. The Hall–Kier alpha value is -2.07. The number of ether oxygens (including phenoxy) is 1. The van der Waals surface area contributed by atoms with E-state index >= 15 is 0 Å². The number of nitrogens with one attached hydrogen (secondary N) is 1. The molecule has 4 heteroatoms. The Balaban J connectivity index is 2.22. The molecule has 0 aliphatic carbocycles. The Labute approximate surface area is 126 Å². The van der Waals surface area contributed by atoms with Crippen molar-refractivity contribution in [3.8, 4) is 5.75 Å². The minimum Gasteiger partial charge on any atom is -0.495 e. The maximum Gasteiger partial charge on any atom is 0.142 e. The van der Waals surface area contributed by atoms with Crippen LogP contribution in [0.1, 0.15) is 19.5 Å². The average Bonchev–Trinajstić information content (AvgIpc) is 2.52. The molecule has 0 aliphatic rings. The Bertz CT molecular complexity index is 584. The lowest BCUT2D eigenvalue weighted by Crippen LogP contribution is -2.22. The van der Waals surface area contributed by atoms with E-state index in [0.717, 1.165) is 29.4 Å². The van der Waals surface area contributed by atoms with Crippen LogP contribution in [0.15, 0.2) is 42.6 Å². The monoisotopic (exact) mass is 285 g/mol. The lowest BCUT2D eigenvalue weighted by atomic mass is 10.2. The molecule has 0 bridgehead atoms. The smallest absolute Gasteiger partial charge is 0.142 e. The fraction of sp³-hybridized carbons (Fsp3) is 0.353. The number of aromatic nitrogens is 1. The predicted molar refractivity (Wildman–Crippen MR) is 87.3 cm³/mol. The van der Waals surface area contributed by atoms with Crippen molar-refractivity contribution < 1.29 is 4.74 Å². The maximum absolute atomic E-state index is 5.43. The van der Waals surface area contributed by atoms with Crippen LogP contribution >= 0.6 is 0 Å². The molecule has 0 fully saturated rings. The van der Waals surface area contributed by atoms with Crippen molar-refractivity contribution in [1.82, 2.24) is 10.3 Å². The first-order chi connectivity index (χ1) is 10.1. The van der Waals surface area contributed by atoms with E-state index in [1.165, 1.54) is 0 Å². The number of para-hydroxylation sites is 2. The third kappa shape index (κ3) is 3.95. The molecule has 0 unspecified atom stereocenters. The zero-order chi connectivity index (χ0) is 15.2. The zero-order valence-corrected chi connectivity index (χ0v) is 13.1. The van der Waals surface area contributed by atoms with Gasteiger partial charge in [0.25, 0.3) is 0 Å². The van der Waals surface area contributed by atoms with Gasteiger partial charge in [0.2, 0.25) is 0 Å². The summed E-state index contributed by atoms with van der Waals surface area (Å²) in [7, 11) is 3.73. The predicted octanol–water partition coefficient (Wildman–Crippen LogP) is 3.36. The normalized spacial score (nSPS) is 10.7. The van der Waals surface area contributed by atoms with Crippen LogP contribution in [0.3, 0.4) is 0 Å². The van der Waals surface area contributed by atoms with E-state index in [9.17, 15) is 0 Å². The standard InChI is InChI=1S/C17H23N3O/c1-13(2)19-12-14-11-15(9-10-18-14)20(3)16-7-5-6-8-17(16)21-4/h5-11,13,19H,12H2,1-4H3. The Morgan fingerprint density at radius 3 is 2.71 bits per heavy atom. The molecule has 1 aromatic carbocycles. The molecule has 0 atom stereocenters. The number of hydrogen-bond donors (Lipinski definition) is 1. The molecule has 0 aliphatic heterocycles. The van der Waals surface area contributed by atoms with Gasteiger partial charge < -0.3 is 15.0 Å². The van der Waals surface area contributed by atoms with Gasteiger partial charge in [0, 0.05) is 31.5 Å². The summed E-state index contributed by atoms with van der Waals surface area (Å²) in [6.45, 7) is 5.03. The highest BCUT2D eigenvalue weighted by Gasteiger charge is 2.10. The molecule has 0 amide bonds. The van der Waals surface area contributed by atoms with E-state index in [1.54, 1.807) is 7.11 Å². The highest BCUT2D eigenvalue weighted by Crippen LogP contribution is 2.31. The van der Waals surface area contributed by atoms with Gasteiger partial charge in [0.1, 0.15) is 5.75 Å². The Kier molecular flexibility index (Phi) is 5.17. The molecule has 21 heavy (non-hydrogen) atoms. The summed E-state index contributed by atoms with van der Waals surface area (Å²) in [6.07, 6.45) is 1.85. The topological polar surface area (TPSA) is 37.4 Å². The highest BCUT2D eigenvalue weighted by atomic mass is 16.5. The summed E-state index contributed by atoms with van der Waals surface area (Å²) >= 11 is 0. The van der Waals surface area contributed by atoms with Crippen molar-refractivity contribution in [2.75, 3.05) is 19.1 Å². The Morgan fingerprint density at radius 1 is 1.24 bits per heavy atom. The Morgan fingerprint density at radius 2 is 2.00 bits per heavy atom. The number of benzene rings is 1. The van der Waals surface area contributed by atoms with Crippen LogP contribution < -0.4 is 15.0 Å². The molecule has 2 aromatic rings. The minimum atomic E-state index is 0.447. The van der Waals surface area contributed by atoms with Crippen LogP contribution in [0.4, 0.5) is 11.4 Å². The second-order valence-electron chi connectivity index (χ2n) is 5.27. The minimum absolute atomic E-state index is 0.447. The molecule has 0 radical (unpaired) electrons. The molecule has 0 saturated carbocycles. The second kappa shape index (κ2) is 7.09. The maximum atomic E-state index is 5.43. The highest BCUT2D eigenvalue weighted by molar-refractivity contribution is 5.68. The van der Waals surface area contributed by atoms with E-state index in [0.29, 0.717) is 6.04 Å². The number of methoxy groups -OCH3 is 1. The van der Waals surface area contributed by atoms with Crippen molar-refractivity contribution in [1.29, 1.82) is 0 Å². The van der Waals surface area contributed by atoms with Crippen molar-refractivity contribution in [2.45, 2.75) is 26.4 Å².